The first-order chi connectivity index (χ1) is 9.56. The lowest BCUT2D eigenvalue weighted by molar-refractivity contribution is -0.147. The van der Waals surface area contributed by atoms with Gasteiger partial charge in [0.15, 0.2) is 0 Å². The molecule has 1 unspecified atom stereocenters. The molecule has 5 nitrogen and oxygen atoms in total. The zero-order chi connectivity index (χ0) is 15.1. The molecule has 0 amide bonds. The van der Waals surface area contributed by atoms with Crippen LogP contribution in [0.2, 0.25) is 0 Å². The van der Waals surface area contributed by atoms with Crippen molar-refractivity contribution in [3.63, 3.8) is 0 Å². The summed E-state index contributed by atoms with van der Waals surface area (Å²) in [6.07, 6.45) is -2.00. The van der Waals surface area contributed by atoms with Gasteiger partial charge < -0.3 is 4.74 Å². The Balaban J connectivity index is 3.08. The van der Waals surface area contributed by atoms with Gasteiger partial charge in [-0.2, -0.15) is 10.5 Å². The van der Waals surface area contributed by atoms with Crippen molar-refractivity contribution in [2.24, 2.45) is 0 Å². The Bertz CT molecular complexity index is 614. The Hall–Kier alpha value is -2.73. The maximum absolute atomic E-state index is 13.7. The first-order valence-electron chi connectivity index (χ1n) is 5.84. The minimum absolute atomic E-state index is 0.00980. The lowest BCUT2D eigenvalue weighted by atomic mass is 9.97. The van der Waals surface area contributed by atoms with Crippen LogP contribution in [0.4, 0.5) is 4.39 Å². The Kier molecular flexibility index (Phi) is 5.37. The third-order valence-electron chi connectivity index (χ3n) is 2.45. The highest BCUT2D eigenvalue weighted by atomic mass is 19.1. The fourth-order valence-corrected chi connectivity index (χ4v) is 1.49. The van der Waals surface area contributed by atoms with Gasteiger partial charge in [-0.05, 0) is 18.6 Å². The first-order valence-corrected chi connectivity index (χ1v) is 5.84. The molecule has 1 aromatic carbocycles. The molecule has 20 heavy (non-hydrogen) atoms. The van der Waals surface area contributed by atoms with E-state index in [1.165, 1.54) is 18.2 Å². The van der Waals surface area contributed by atoms with Crippen LogP contribution in [0.3, 0.4) is 0 Å². The molecule has 1 rings (SSSR count). The number of rotatable bonds is 5. The number of alkyl halides is 1. The number of esters is 1. The number of nitriles is 2. The molecule has 0 aliphatic carbocycles. The Labute approximate surface area is 115 Å². The predicted molar refractivity (Wildman–Crippen MR) is 66.3 cm³/mol. The molecule has 0 saturated heterocycles. The van der Waals surface area contributed by atoms with Crippen molar-refractivity contribution in [1.82, 2.24) is 0 Å². The minimum atomic E-state index is -2.50. The van der Waals surface area contributed by atoms with Crippen molar-refractivity contribution in [2.45, 2.75) is 19.5 Å². The number of hydrogen-bond acceptors (Lipinski definition) is 5. The molecule has 0 radical (unpaired) electrons. The van der Waals surface area contributed by atoms with Crippen molar-refractivity contribution in [2.75, 3.05) is 6.61 Å². The molecule has 102 valence electrons. The standard InChI is InChI=1S/C14H11FN2O3/c1-2-6-20-14(19)12(15)13(18)10-5-3-4-9(7-16)11(10)8-17/h3-5,12H,2,6H2,1H3. The van der Waals surface area contributed by atoms with E-state index in [1.54, 1.807) is 19.1 Å². The van der Waals surface area contributed by atoms with Gasteiger partial charge in [-0.3, -0.25) is 4.79 Å². The normalized spacial score (nSPS) is 11.0. The van der Waals surface area contributed by atoms with E-state index < -0.39 is 17.9 Å². The van der Waals surface area contributed by atoms with E-state index in [1.807, 2.05) is 0 Å². The van der Waals surface area contributed by atoms with Crippen molar-refractivity contribution < 1.29 is 18.7 Å². The van der Waals surface area contributed by atoms with Gasteiger partial charge in [-0.25, -0.2) is 9.18 Å². The number of ether oxygens (including phenoxy) is 1. The molecule has 0 fully saturated rings. The van der Waals surface area contributed by atoms with Crippen LogP contribution in [0.5, 0.6) is 0 Å². The fourth-order valence-electron chi connectivity index (χ4n) is 1.49. The highest BCUT2D eigenvalue weighted by Crippen LogP contribution is 2.17. The number of benzene rings is 1. The average molecular weight is 274 g/mol. The van der Waals surface area contributed by atoms with Gasteiger partial charge in [0.25, 0.3) is 6.17 Å². The molecular formula is C14H11FN2O3. The van der Waals surface area contributed by atoms with E-state index in [2.05, 4.69) is 4.74 Å². The van der Waals surface area contributed by atoms with Crippen LogP contribution in [0.1, 0.15) is 34.8 Å². The van der Waals surface area contributed by atoms with Crippen LogP contribution in [-0.4, -0.2) is 24.5 Å². The maximum Gasteiger partial charge on any atom is 0.349 e. The summed E-state index contributed by atoms with van der Waals surface area (Å²) in [5.41, 5.74) is -0.592. The van der Waals surface area contributed by atoms with Gasteiger partial charge >= 0.3 is 5.97 Å². The highest BCUT2D eigenvalue weighted by Gasteiger charge is 2.30. The topological polar surface area (TPSA) is 90.9 Å². The molecule has 0 bridgehead atoms. The van der Waals surface area contributed by atoms with Crippen LogP contribution >= 0.6 is 0 Å². The molecule has 6 heteroatoms. The summed E-state index contributed by atoms with van der Waals surface area (Å²) in [5, 5.41) is 17.8. The van der Waals surface area contributed by atoms with E-state index in [4.69, 9.17) is 10.5 Å². The van der Waals surface area contributed by atoms with Crippen molar-refractivity contribution in [3.8, 4) is 12.1 Å². The number of halogens is 1. The van der Waals surface area contributed by atoms with Crippen molar-refractivity contribution in [3.05, 3.63) is 34.9 Å². The quantitative estimate of drug-likeness (QED) is 0.464. The SMILES string of the molecule is CCCOC(=O)C(F)C(=O)c1cccc(C#N)c1C#N. The second-order valence-electron chi connectivity index (χ2n) is 3.85. The summed E-state index contributed by atoms with van der Waals surface area (Å²) in [4.78, 5) is 23.2. The van der Waals surface area contributed by atoms with Crippen LogP contribution in [0, 0.1) is 22.7 Å². The number of Topliss-reactive ketones (excluding diaryl/α,β-unsaturated/α-hetero) is 1. The predicted octanol–water partition coefficient (Wildman–Crippen LogP) is 1.90. The van der Waals surface area contributed by atoms with Gasteiger partial charge in [0, 0.05) is 5.56 Å². The maximum atomic E-state index is 13.7. The minimum Gasteiger partial charge on any atom is -0.463 e. The van der Waals surface area contributed by atoms with Gasteiger partial charge in [-0.15, -0.1) is 0 Å². The molecule has 1 atom stereocenters. The Morgan fingerprint density at radius 1 is 1.35 bits per heavy atom. The van der Waals surface area contributed by atoms with Gasteiger partial charge in [0.05, 0.1) is 17.7 Å². The average Bonchev–Trinajstić information content (AvgIpc) is 2.49. The zero-order valence-electron chi connectivity index (χ0n) is 10.7. The van der Waals surface area contributed by atoms with Gasteiger partial charge in [0.2, 0.25) is 5.78 Å². The Morgan fingerprint density at radius 3 is 2.60 bits per heavy atom. The molecule has 0 spiro atoms. The summed E-state index contributed by atoms with van der Waals surface area (Å²) in [6, 6.07) is 7.27. The van der Waals surface area contributed by atoms with Gasteiger partial charge in [-0.1, -0.05) is 13.0 Å². The Morgan fingerprint density at radius 2 is 2.05 bits per heavy atom. The molecule has 1 aromatic rings. The first kappa shape index (κ1) is 15.3. The molecular weight excluding hydrogens is 263 g/mol. The summed E-state index contributed by atoms with van der Waals surface area (Å²) >= 11 is 0. The number of nitrogens with zero attached hydrogens (tertiary/aromatic N) is 2. The van der Waals surface area contributed by atoms with Crippen molar-refractivity contribution >= 4 is 11.8 Å². The second-order valence-corrected chi connectivity index (χ2v) is 3.85. The lowest BCUT2D eigenvalue weighted by Crippen LogP contribution is -2.28. The third kappa shape index (κ3) is 3.18. The molecule has 0 saturated carbocycles. The summed E-state index contributed by atoms with van der Waals surface area (Å²) in [6.45, 7) is 1.74. The number of carbonyl (C=O) groups is 2. The number of carbonyl (C=O) groups excluding carboxylic acids is 2. The largest absolute Gasteiger partial charge is 0.463 e. The molecule has 0 N–H and O–H groups in total. The number of ketones is 1. The third-order valence-corrected chi connectivity index (χ3v) is 2.45. The summed E-state index contributed by atoms with van der Waals surface area (Å²) < 4.78 is 18.3. The van der Waals surface area contributed by atoms with Crippen LogP contribution in [0.15, 0.2) is 18.2 Å². The van der Waals surface area contributed by atoms with Crippen molar-refractivity contribution in [1.29, 1.82) is 10.5 Å². The van der Waals surface area contributed by atoms with E-state index in [0.29, 0.717) is 6.42 Å². The molecule has 0 aromatic heterocycles. The lowest BCUT2D eigenvalue weighted by Gasteiger charge is -2.09. The van der Waals surface area contributed by atoms with Crippen LogP contribution in [0.25, 0.3) is 0 Å². The highest BCUT2D eigenvalue weighted by molar-refractivity contribution is 6.12. The van der Waals surface area contributed by atoms with Crippen LogP contribution < -0.4 is 0 Å². The second kappa shape index (κ2) is 7.01. The summed E-state index contributed by atoms with van der Waals surface area (Å²) in [7, 11) is 0. The van der Waals surface area contributed by atoms with E-state index >= 15 is 0 Å². The zero-order valence-corrected chi connectivity index (χ0v) is 10.7. The monoisotopic (exact) mass is 274 g/mol. The fraction of sp³-hybridized carbons (Fsp3) is 0.286. The smallest absolute Gasteiger partial charge is 0.349 e. The van der Waals surface area contributed by atoms with Crippen LogP contribution in [-0.2, 0) is 9.53 Å². The van der Waals surface area contributed by atoms with E-state index in [9.17, 15) is 14.0 Å². The summed E-state index contributed by atoms with van der Waals surface area (Å²) in [5.74, 6) is -2.47. The van der Waals surface area contributed by atoms with E-state index in [0.717, 1.165) is 0 Å². The number of hydrogen-bond donors (Lipinski definition) is 0. The van der Waals surface area contributed by atoms with Gasteiger partial charge in [0.1, 0.15) is 12.1 Å². The molecule has 0 heterocycles. The van der Waals surface area contributed by atoms with E-state index in [-0.39, 0.29) is 23.3 Å². The molecule has 0 aliphatic rings. The molecule has 0 aliphatic heterocycles.